The van der Waals surface area contributed by atoms with E-state index in [9.17, 15) is 9.90 Å². The van der Waals surface area contributed by atoms with Crippen molar-refractivity contribution in [3.8, 4) is 11.8 Å². The Morgan fingerprint density at radius 1 is 1.50 bits per heavy atom. The van der Waals surface area contributed by atoms with Crippen LogP contribution in [0, 0.1) is 11.3 Å². The van der Waals surface area contributed by atoms with Gasteiger partial charge < -0.3 is 9.67 Å². The molecule has 1 aromatic carbocycles. The first-order valence-electron chi connectivity index (χ1n) is 4.48. The molecule has 0 radical (unpaired) electrons. The molecule has 16 heavy (non-hydrogen) atoms. The van der Waals surface area contributed by atoms with Crippen molar-refractivity contribution in [3.05, 3.63) is 39.1 Å². The molecule has 0 unspecified atom stereocenters. The van der Waals surface area contributed by atoms with E-state index in [1.54, 1.807) is 24.3 Å². The van der Waals surface area contributed by atoms with Crippen LogP contribution in [0.25, 0.3) is 10.9 Å². The van der Waals surface area contributed by atoms with Crippen LogP contribution in [0.1, 0.15) is 5.56 Å². The minimum atomic E-state index is -0.555. The van der Waals surface area contributed by atoms with Crippen LogP contribution in [-0.2, 0) is 7.05 Å². The lowest BCUT2D eigenvalue weighted by Gasteiger charge is -2.09. The highest BCUT2D eigenvalue weighted by atomic mass is 35.5. The van der Waals surface area contributed by atoms with Gasteiger partial charge in [0.25, 0.3) is 5.56 Å². The van der Waals surface area contributed by atoms with Crippen molar-refractivity contribution in [2.24, 2.45) is 7.05 Å². The van der Waals surface area contributed by atoms with Gasteiger partial charge in [-0.2, -0.15) is 5.26 Å². The van der Waals surface area contributed by atoms with E-state index in [4.69, 9.17) is 16.9 Å². The molecular formula is C11H7ClN2O2. The molecule has 1 N–H and O–H groups in total. The molecule has 0 saturated carbocycles. The van der Waals surface area contributed by atoms with Crippen molar-refractivity contribution >= 4 is 22.5 Å². The molecule has 0 aliphatic rings. The van der Waals surface area contributed by atoms with E-state index in [1.807, 2.05) is 0 Å². The molecule has 2 aromatic rings. The Bertz CT molecular complexity index is 683. The van der Waals surface area contributed by atoms with E-state index in [0.29, 0.717) is 15.9 Å². The highest BCUT2D eigenvalue weighted by molar-refractivity contribution is 6.35. The minimum Gasteiger partial charge on any atom is -0.506 e. The van der Waals surface area contributed by atoms with Crippen LogP contribution in [0.4, 0.5) is 0 Å². The second-order valence-corrected chi connectivity index (χ2v) is 3.74. The fourth-order valence-electron chi connectivity index (χ4n) is 1.65. The Labute approximate surface area is 95.9 Å². The number of pyridine rings is 1. The van der Waals surface area contributed by atoms with Gasteiger partial charge in [0.2, 0.25) is 0 Å². The number of nitrogens with zero attached hydrogens (tertiary/aromatic N) is 2. The normalized spacial score (nSPS) is 10.3. The van der Waals surface area contributed by atoms with Gasteiger partial charge in [-0.25, -0.2) is 0 Å². The third-order valence-corrected chi connectivity index (χ3v) is 2.75. The summed E-state index contributed by atoms with van der Waals surface area (Å²) in [6.07, 6.45) is 0. The number of nitriles is 1. The quantitative estimate of drug-likeness (QED) is 0.756. The lowest BCUT2D eigenvalue weighted by atomic mass is 10.1. The first-order chi connectivity index (χ1) is 7.57. The summed E-state index contributed by atoms with van der Waals surface area (Å²) in [6, 6.07) is 6.57. The summed E-state index contributed by atoms with van der Waals surface area (Å²) in [4.78, 5) is 11.7. The second kappa shape index (κ2) is 3.54. The summed E-state index contributed by atoms with van der Waals surface area (Å²) in [6.45, 7) is 0. The molecule has 0 spiro atoms. The fraction of sp³-hybridized carbons (Fsp3) is 0.0909. The van der Waals surface area contributed by atoms with Crippen molar-refractivity contribution < 1.29 is 5.11 Å². The average Bonchev–Trinajstić information content (AvgIpc) is 2.27. The largest absolute Gasteiger partial charge is 0.506 e. The molecule has 0 aliphatic heterocycles. The highest BCUT2D eigenvalue weighted by Gasteiger charge is 2.15. The molecule has 0 fully saturated rings. The number of hydrogen-bond donors (Lipinski definition) is 1. The zero-order chi connectivity index (χ0) is 11.9. The molecule has 1 aromatic heterocycles. The summed E-state index contributed by atoms with van der Waals surface area (Å²) in [5.41, 5.74) is -0.400. The maximum Gasteiger partial charge on any atom is 0.272 e. The van der Waals surface area contributed by atoms with Crippen molar-refractivity contribution in [3.63, 3.8) is 0 Å². The summed E-state index contributed by atoms with van der Waals surface area (Å²) in [5.74, 6) is -0.317. The van der Waals surface area contributed by atoms with E-state index in [-0.39, 0.29) is 11.3 Å². The van der Waals surface area contributed by atoms with Crippen LogP contribution >= 0.6 is 11.6 Å². The first-order valence-corrected chi connectivity index (χ1v) is 4.86. The molecule has 0 saturated heterocycles. The molecule has 1 heterocycles. The zero-order valence-corrected chi connectivity index (χ0v) is 9.12. The second-order valence-electron chi connectivity index (χ2n) is 3.34. The number of benzene rings is 1. The number of aromatic hydroxyl groups is 1. The van der Waals surface area contributed by atoms with Crippen LogP contribution in [0.5, 0.6) is 5.75 Å². The van der Waals surface area contributed by atoms with Gasteiger partial charge in [0.15, 0.2) is 5.56 Å². The standard InChI is InChI=1S/C11H7ClN2O2/c1-14-9-6(3-2-4-8(9)12)10(15)7(5-13)11(14)16/h2-4,15H,1H3. The van der Waals surface area contributed by atoms with Crippen molar-refractivity contribution in [1.29, 1.82) is 5.26 Å². The Morgan fingerprint density at radius 2 is 2.19 bits per heavy atom. The number of aryl methyl sites for hydroxylation is 1. The maximum atomic E-state index is 11.7. The predicted octanol–water partition coefficient (Wildman–Crippen LogP) is 1.77. The minimum absolute atomic E-state index is 0.266. The molecule has 4 nitrogen and oxygen atoms in total. The number of fused-ring (bicyclic) bond motifs is 1. The first kappa shape index (κ1) is 10.5. The van der Waals surface area contributed by atoms with Gasteiger partial charge in [0.05, 0.1) is 10.5 Å². The van der Waals surface area contributed by atoms with Crippen LogP contribution in [0.3, 0.4) is 0 Å². The SMILES string of the molecule is Cn1c(=O)c(C#N)c(O)c2cccc(Cl)c21. The van der Waals surface area contributed by atoms with Gasteiger partial charge in [-0.1, -0.05) is 17.7 Å². The van der Waals surface area contributed by atoms with Crippen molar-refractivity contribution in [2.45, 2.75) is 0 Å². The predicted molar refractivity (Wildman–Crippen MR) is 60.6 cm³/mol. The third-order valence-electron chi connectivity index (χ3n) is 2.44. The van der Waals surface area contributed by atoms with Gasteiger partial charge in [-0.3, -0.25) is 4.79 Å². The molecule has 0 bridgehead atoms. The Balaban J connectivity index is 3.16. The molecular weight excluding hydrogens is 228 g/mol. The van der Waals surface area contributed by atoms with E-state index in [2.05, 4.69) is 0 Å². The van der Waals surface area contributed by atoms with Gasteiger partial charge in [0, 0.05) is 12.4 Å². The van der Waals surface area contributed by atoms with Crippen LogP contribution in [-0.4, -0.2) is 9.67 Å². The Morgan fingerprint density at radius 3 is 2.81 bits per heavy atom. The van der Waals surface area contributed by atoms with Crippen LogP contribution in [0.15, 0.2) is 23.0 Å². The summed E-state index contributed by atoms with van der Waals surface area (Å²) in [7, 11) is 1.51. The van der Waals surface area contributed by atoms with Crippen LogP contribution < -0.4 is 5.56 Å². The molecule has 80 valence electrons. The Kier molecular flexibility index (Phi) is 2.33. The highest BCUT2D eigenvalue weighted by Crippen LogP contribution is 2.29. The number of para-hydroxylation sites is 1. The summed E-state index contributed by atoms with van der Waals surface area (Å²) in [5, 5.41) is 19.3. The van der Waals surface area contributed by atoms with E-state index in [0.717, 1.165) is 0 Å². The number of hydrogen-bond acceptors (Lipinski definition) is 3. The van der Waals surface area contributed by atoms with Gasteiger partial charge in [0.1, 0.15) is 11.8 Å². The van der Waals surface area contributed by atoms with Gasteiger partial charge >= 0.3 is 0 Å². The number of aromatic nitrogens is 1. The van der Waals surface area contributed by atoms with Crippen molar-refractivity contribution in [2.75, 3.05) is 0 Å². The monoisotopic (exact) mass is 234 g/mol. The van der Waals surface area contributed by atoms with E-state index >= 15 is 0 Å². The van der Waals surface area contributed by atoms with Crippen molar-refractivity contribution in [1.82, 2.24) is 4.57 Å². The smallest absolute Gasteiger partial charge is 0.272 e. The lowest BCUT2D eigenvalue weighted by molar-refractivity contribution is 0.477. The lowest BCUT2D eigenvalue weighted by Crippen LogP contribution is -2.20. The fourth-order valence-corrected chi connectivity index (χ4v) is 1.95. The van der Waals surface area contributed by atoms with E-state index < -0.39 is 5.56 Å². The number of rotatable bonds is 0. The molecule has 2 rings (SSSR count). The summed E-state index contributed by atoms with van der Waals surface area (Å²) < 4.78 is 1.26. The molecule has 5 heteroatoms. The number of halogens is 1. The zero-order valence-electron chi connectivity index (χ0n) is 8.36. The van der Waals surface area contributed by atoms with Gasteiger partial charge in [-0.15, -0.1) is 0 Å². The maximum absolute atomic E-state index is 11.7. The molecule has 0 aliphatic carbocycles. The average molecular weight is 235 g/mol. The molecule has 0 atom stereocenters. The third kappa shape index (κ3) is 1.26. The topological polar surface area (TPSA) is 66.0 Å². The van der Waals surface area contributed by atoms with Crippen LogP contribution in [0.2, 0.25) is 5.02 Å². The van der Waals surface area contributed by atoms with Gasteiger partial charge in [-0.05, 0) is 12.1 Å². The summed E-state index contributed by atoms with van der Waals surface area (Å²) >= 11 is 5.95. The molecule has 0 amide bonds. The Hall–Kier alpha value is -1.99. The van der Waals surface area contributed by atoms with E-state index in [1.165, 1.54) is 11.6 Å².